The summed E-state index contributed by atoms with van der Waals surface area (Å²) in [7, 11) is -3.82. The Hall–Kier alpha value is -2.19. The maximum Gasteiger partial charge on any atom is 0.264 e. The second kappa shape index (κ2) is 7.44. The van der Waals surface area contributed by atoms with Crippen molar-refractivity contribution in [3.05, 3.63) is 52.7 Å². The number of rotatable bonds is 4. The average Bonchev–Trinajstić information content (AvgIpc) is 3.22. The van der Waals surface area contributed by atoms with Crippen LogP contribution in [-0.4, -0.2) is 61.0 Å². The van der Waals surface area contributed by atoms with Crippen LogP contribution in [-0.2, 0) is 14.6 Å². The molecule has 0 saturated carbocycles. The third-order valence-electron chi connectivity index (χ3n) is 4.83. The van der Waals surface area contributed by atoms with Gasteiger partial charge in [0.25, 0.3) is 5.91 Å². The number of amides is 2. The Bertz CT molecular complexity index is 914. The molecule has 144 valence electrons. The van der Waals surface area contributed by atoms with Crippen molar-refractivity contribution in [1.82, 2.24) is 9.80 Å². The molecular formula is C19H22N2O4S2. The van der Waals surface area contributed by atoms with E-state index in [4.69, 9.17) is 0 Å². The quantitative estimate of drug-likeness (QED) is 0.781. The van der Waals surface area contributed by atoms with E-state index in [-0.39, 0.29) is 10.8 Å². The minimum Gasteiger partial charge on any atom is -0.338 e. The molecule has 0 bridgehead atoms. The van der Waals surface area contributed by atoms with Gasteiger partial charge in [-0.3, -0.25) is 9.59 Å². The Morgan fingerprint density at radius 1 is 0.926 bits per heavy atom. The molecule has 27 heavy (non-hydrogen) atoms. The topological polar surface area (TPSA) is 74.8 Å². The molecule has 0 aliphatic carbocycles. The summed E-state index contributed by atoms with van der Waals surface area (Å²) in [6, 6.07) is 11.6. The van der Waals surface area contributed by atoms with Gasteiger partial charge in [-0.15, -0.1) is 11.3 Å². The lowest BCUT2D eigenvalue weighted by molar-refractivity contribution is -0.134. The molecule has 1 aromatic heterocycles. The van der Waals surface area contributed by atoms with Gasteiger partial charge in [0.2, 0.25) is 5.91 Å². The summed E-state index contributed by atoms with van der Waals surface area (Å²) in [6.45, 7) is 4.32. The van der Waals surface area contributed by atoms with E-state index in [0.717, 1.165) is 0 Å². The molecule has 0 radical (unpaired) electrons. The first-order valence-corrected chi connectivity index (χ1v) is 11.0. The van der Waals surface area contributed by atoms with E-state index in [1.165, 1.54) is 37.3 Å². The van der Waals surface area contributed by atoms with Gasteiger partial charge in [-0.25, -0.2) is 8.42 Å². The highest BCUT2D eigenvalue weighted by Gasteiger charge is 2.45. The van der Waals surface area contributed by atoms with Crippen LogP contribution in [0, 0.1) is 0 Å². The van der Waals surface area contributed by atoms with E-state index in [0.29, 0.717) is 31.1 Å². The molecule has 2 heterocycles. The average molecular weight is 407 g/mol. The van der Waals surface area contributed by atoms with Crippen molar-refractivity contribution in [3.8, 4) is 0 Å². The number of hydrogen-bond acceptors (Lipinski definition) is 5. The maximum absolute atomic E-state index is 13.0. The SMILES string of the molecule is CC(C)(C(=O)N1CCN(C(=O)c2cccs2)CC1)S(=O)(=O)c1ccccc1. The van der Waals surface area contributed by atoms with Gasteiger partial charge in [-0.05, 0) is 37.4 Å². The van der Waals surface area contributed by atoms with Gasteiger partial charge in [0.15, 0.2) is 9.84 Å². The van der Waals surface area contributed by atoms with E-state index in [9.17, 15) is 18.0 Å². The number of hydrogen-bond donors (Lipinski definition) is 0. The second-order valence-electron chi connectivity index (χ2n) is 6.89. The Labute approximate surface area is 163 Å². The van der Waals surface area contributed by atoms with E-state index in [1.54, 1.807) is 34.1 Å². The van der Waals surface area contributed by atoms with E-state index >= 15 is 0 Å². The monoisotopic (exact) mass is 406 g/mol. The predicted molar refractivity (Wildman–Crippen MR) is 105 cm³/mol. The van der Waals surface area contributed by atoms with Crippen LogP contribution < -0.4 is 0 Å². The number of piperazine rings is 1. The van der Waals surface area contributed by atoms with Crippen molar-refractivity contribution in [2.24, 2.45) is 0 Å². The Kier molecular flexibility index (Phi) is 5.39. The van der Waals surface area contributed by atoms with Crippen LogP contribution in [0.1, 0.15) is 23.5 Å². The first-order chi connectivity index (χ1) is 12.7. The Morgan fingerprint density at radius 3 is 2.07 bits per heavy atom. The van der Waals surface area contributed by atoms with Gasteiger partial charge in [-0.1, -0.05) is 24.3 Å². The molecule has 8 heteroatoms. The number of sulfone groups is 1. The van der Waals surface area contributed by atoms with Gasteiger partial charge in [0, 0.05) is 26.2 Å². The van der Waals surface area contributed by atoms with Crippen LogP contribution in [0.25, 0.3) is 0 Å². The standard InChI is InChI=1S/C19H22N2O4S2/c1-19(2,27(24,25)15-7-4-3-5-8-15)18(23)21-12-10-20(11-13-21)17(22)16-9-6-14-26-16/h3-9,14H,10-13H2,1-2H3. The molecule has 0 unspecified atom stereocenters. The molecular weight excluding hydrogens is 384 g/mol. The Morgan fingerprint density at radius 2 is 1.52 bits per heavy atom. The number of carbonyl (C=O) groups excluding carboxylic acids is 2. The molecule has 1 aliphatic heterocycles. The molecule has 2 aromatic rings. The van der Waals surface area contributed by atoms with Crippen LogP contribution in [0.15, 0.2) is 52.7 Å². The third kappa shape index (κ3) is 3.64. The largest absolute Gasteiger partial charge is 0.338 e. The fourth-order valence-electron chi connectivity index (χ4n) is 3.06. The fourth-order valence-corrected chi connectivity index (χ4v) is 5.21. The molecule has 0 atom stereocenters. The smallest absolute Gasteiger partial charge is 0.264 e. The maximum atomic E-state index is 13.0. The summed E-state index contributed by atoms with van der Waals surface area (Å²) in [5.41, 5.74) is 0. The van der Waals surface area contributed by atoms with E-state index in [2.05, 4.69) is 0 Å². The third-order valence-corrected chi connectivity index (χ3v) is 8.10. The zero-order valence-electron chi connectivity index (χ0n) is 15.3. The van der Waals surface area contributed by atoms with Crippen molar-refractivity contribution >= 4 is 33.0 Å². The number of thiophene rings is 1. The highest BCUT2D eigenvalue weighted by Crippen LogP contribution is 2.28. The number of carbonyl (C=O) groups is 2. The zero-order valence-corrected chi connectivity index (χ0v) is 16.9. The summed E-state index contributed by atoms with van der Waals surface area (Å²) < 4.78 is 24.3. The van der Waals surface area contributed by atoms with Crippen molar-refractivity contribution in [3.63, 3.8) is 0 Å². The van der Waals surface area contributed by atoms with Crippen molar-refractivity contribution in [2.75, 3.05) is 26.2 Å². The van der Waals surface area contributed by atoms with Crippen LogP contribution in [0.3, 0.4) is 0 Å². The molecule has 6 nitrogen and oxygen atoms in total. The van der Waals surface area contributed by atoms with Crippen molar-refractivity contribution < 1.29 is 18.0 Å². The molecule has 2 amide bonds. The zero-order chi connectivity index (χ0) is 19.7. The molecule has 0 N–H and O–H groups in total. The molecule has 3 rings (SSSR count). The lowest BCUT2D eigenvalue weighted by Crippen LogP contribution is -2.57. The number of nitrogens with zero attached hydrogens (tertiary/aromatic N) is 2. The second-order valence-corrected chi connectivity index (χ2v) is 10.3. The summed E-state index contributed by atoms with van der Waals surface area (Å²) in [4.78, 5) is 29.5. The first-order valence-electron chi connectivity index (χ1n) is 8.67. The highest BCUT2D eigenvalue weighted by molar-refractivity contribution is 7.93. The molecule has 1 aromatic carbocycles. The normalized spacial score (nSPS) is 15.6. The van der Waals surface area contributed by atoms with Crippen LogP contribution in [0.5, 0.6) is 0 Å². The van der Waals surface area contributed by atoms with Gasteiger partial charge in [0.1, 0.15) is 4.75 Å². The molecule has 0 spiro atoms. The minimum absolute atomic E-state index is 0.0479. The van der Waals surface area contributed by atoms with Crippen LogP contribution in [0.2, 0.25) is 0 Å². The molecule has 1 fully saturated rings. The van der Waals surface area contributed by atoms with E-state index in [1.807, 2.05) is 11.4 Å². The fraction of sp³-hybridized carbons (Fsp3) is 0.368. The van der Waals surface area contributed by atoms with Gasteiger partial charge in [0.05, 0.1) is 9.77 Å². The summed E-state index contributed by atoms with van der Waals surface area (Å²) in [6.07, 6.45) is 0. The Balaban J connectivity index is 1.70. The summed E-state index contributed by atoms with van der Waals surface area (Å²) >= 11 is 1.39. The first kappa shape index (κ1) is 19.6. The molecule has 1 saturated heterocycles. The van der Waals surface area contributed by atoms with Crippen LogP contribution in [0.4, 0.5) is 0 Å². The van der Waals surface area contributed by atoms with Gasteiger partial charge < -0.3 is 9.80 Å². The number of benzene rings is 1. The predicted octanol–water partition coefficient (Wildman–Crippen LogP) is 2.29. The lowest BCUT2D eigenvalue weighted by Gasteiger charge is -2.38. The minimum atomic E-state index is -3.82. The van der Waals surface area contributed by atoms with Crippen molar-refractivity contribution in [2.45, 2.75) is 23.5 Å². The lowest BCUT2D eigenvalue weighted by atomic mass is 10.1. The summed E-state index contributed by atoms with van der Waals surface area (Å²) in [5.74, 6) is -0.483. The highest BCUT2D eigenvalue weighted by atomic mass is 32.2. The van der Waals surface area contributed by atoms with Gasteiger partial charge >= 0.3 is 0 Å². The summed E-state index contributed by atoms with van der Waals surface area (Å²) in [5, 5.41) is 1.85. The van der Waals surface area contributed by atoms with Gasteiger partial charge in [-0.2, -0.15) is 0 Å². The van der Waals surface area contributed by atoms with Crippen molar-refractivity contribution in [1.29, 1.82) is 0 Å². The van der Waals surface area contributed by atoms with Crippen LogP contribution >= 0.6 is 11.3 Å². The van der Waals surface area contributed by atoms with E-state index < -0.39 is 20.5 Å². The molecule has 1 aliphatic rings.